The Morgan fingerprint density at radius 2 is 1.65 bits per heavy atom. The van der Waals surface area contributed by atoms with Gasteiger partial charge in [0.05, 0.1) is 19.5 Å². The maximum Gasteiger partial charge on any atom is 0.329 e. The molecule has 0 bridgehead atoms. The molecule has 1 heterocycles. The highest BCUT2D eigenvalue weighted by Crippen LogP contribution is 2.40. The minimum absolute atomic E-state index is 0.266. The van der Waals surface area contributed by atoms with Crippen LogP contribution >= 0.6 is 0 Å². The molecule has 0 aromatic heterocycles. The van der Waals surface area contributed by atoms with E-state index in [4.69, 9.17) is 5.11 Å². The van der Waals surface area contributed by atoms with Crippen LogP contribution in [0.5, 0.6) is 0 Å². The highest BCUT2D eigenvalue weighted by atomic mass is 19.3. The zero-order valence-electron chi connectivity index (χ0n) is 8.55. The number of carbonyl (C=O) groups is 2. The standard InChI is InChI=1S/C8H10F4N2O3/c9-7(10)3-14(4-8(7,11)12)6(17)13-2-1-5(15)16/h1-4H2,(H,13,17)(H,15,16). The number of carboxylic acid groups (broad SMARTS) is 1. The molecule has 9 heteroatoms. The Morgan fingerprint density at radius 3 is 2.06 bits per heavy atom. The second-order valence-electron chi connectivity index (χ2n) is 3.64. The summed E-state index contributed by atoms with van der Waals surface area (Å²) < 4.78 is 50.9. The van der Waals surface area contributed by atoms with Crippen molar-refractivity contribution >= 4 is 12.0 Å². The zero-order valence-corrected chi connectivity index (χ0v) is 8.55. The first-order valence-electron chi connectivity index (χ1n) is 4.66. The van der Waals surface area contributed by atoms with E-state index in [0.717, 1.165) is 0 Å². The molecule has 0 spiro atoms. The fraction of sp³-hybridized carbons (Fsp3) is 0.750. The average molecular weight is 258 g/mol. The van der Waals surface area contributed by atoms with Crippen molar-refractivity contribution in [1.82, 2.24) is 10.2 Å². The van der Waals surface area contributed by atoms with Gasteiger partial charge in [-0.3, -0.25) is 4.79 Å². The number of hydrogen-bond donors (Lipinski definition) is 2. The van der Waals surface area contributed by atoms with Crippen molar-refractivity contribution in [2.45, 2.75) is 18.3 Å². The van der Waals surface area contributed by atoms with Crippen LogP contribution in [0.4, 0.5) is 22.4 Å². The number of carbonyl (C=O) groups excluding carboxylic acids is 1. The Hall–Kier alpha value is -1.54. The number of aliphatic carboxylic acids is 1. The third-order valence-corrected chi connectivity index (χ3v) is 2.22. The summed E-state index contributed by atoms with van der Waals surface area (Å²) >= 11 is 0. The first kappa shape index (κ1) is 13.5. The normalized spacial score (nSPS) is 21.3. The van der Waals surface area contributed by atoms with Gasteiger partial charge in [0.15, 0.2) is 0 Å². The molecular formula is C8H10F4N2O3. The molecule has 0 radical (unpaired) electrons. The number of amides is 2. The molecule has 17 heavy (non-hydrogen) atoms. The molecule has 0 aliphatic carbocycles. The van der Waals surface area contributed by atoms with Crippen LogP contribution in [-0.2, 0) is 4.79 Å². The minimum atomic E-state index is -4.25. The predicted molar refractivity (Wildman–Crippen MR) is 47.1 cm³/mol. The van der Waals surface area contributed by atoms with E-state index in [1.807, 2.05) is 5.32 Å². The second-order valence-corrected chi connectivity index (χ2v) is 3.64. The fourth-order valence-electron chi connectivity index (χ4n) is 1.30. The van der Waals surface area contributed by atoms with Gasteiger partial charge in [-0.25, -0.2) is 4.79 Å². The number of nitrogens with zero attached hydrogens (tertiary/aromatic N) is 1. The zero-order chi connectivity index (χ0) is 13.3. The van der Waals surface area contributed by atoms with E-state index in [-0.39, 0.29) is 11.4 Å². The van der Waals surface area contributed by atoms with Crippen molar-refractivity contribution in [3.05, 3.63) is 0 Å². The SMILES string of the molecule is O=C(O)CCNC(=O)N1CC(F)(F)C(F)(F)C1. The number of nitrogens with one attached hydrogen (secondary N) is 1. The third-order valence-electron chi connectivity index (χ3n) is 2.22. The summed E-state index contributed by atoms with van der Waals surface area (Å²) in [5.74, 6) is -9.70. The number of rotatable bonds is 3. The Bertz CT molecular complexity index is 319. The molecule has 1 aliphatic rings. The lowest BCUT2D eigenvalue weighted by atomic mass is 10.2. The minimum Gasteiger partial charge on any atom is -0.481 e. The van der Waals surface area contributed by atoms with Crippen molar-refractivity contribution in [2.24, 2.45) is 0 Å². The van der Waals surface area contributed by atoms with Gasteiger partial charge in [-0.15, -0.1) is 0 Å². The van der Waals surface area contributed by atoms with Gasteiger partial charge in [-0.05, 0) is 0 Å². The first-order valence-corrected chi connectivity index (χ1v) is 4.66. The molecule has 0 unspecified atom stereocenters. The summed E-state index contributed by atoms with van der Waals surface area (Å²) in [5.41, 5.74) is 0. The van der Waals surface area contributed by atoms with E-state index in [1.54, 1.807) is 0 Å². The predicted octanol–water partition coefficient (Wildman–Crippen LogP) is 0.757. The Kier molecular flexibility index (Phi) is 3.48. The highest BCUT2D eigenvalue weighted by Gasteiger charge is 2.63. The maximum absolute atomic E-state index is 12.7. The lowest BCUT2D eigenvalue weighted by Crippen LogP contribution is -2.40. The molecule has 1 saturated heterocycles. The van der Waals surface area contributed by atoms with Gasteiger partial charge in [0.1, 0.15) is 0 Å². The lowest BCUT2D eigenvalue weighted by Gasteiger charge is -2.15. The van der Waals surface area contributed by atoms with Gasteiger partial charge in [-0.2, -0.15) is 17.6 Å². The van der Waals surface area contributed by atoms with Crippen LogP contribution in [0.2, 0.25) is 0 Å². The highest BCUT2D eigenvalue weighted by molar-refractivity contribution is 5.75. The topological polar surface area (TPSA) is 69.6 Å². The number of likely N-dealkylation sites (tertiary alicyclic amines) is 1. The molecule has 2 N–H and O–H groups in total. The van der Waals surface area contributed by atoms with E-state index in [2.05, 4.69) is 0 Å². The van der Waals surface area contributed by atoms with Crippen LogP contribution in [0.1, 0.15) is 6.42 Å². The van der Waals surface area contributed by atoms with Crippen molar-refractivity contribution in [3.8, 4) is 0 Å². The lowest BCUT2D eigenvalue weighted by molar-refractivity contribution is -0.172. The van der Waals surface area contributed by atoms with E-state index >= 15 is 0 Å². The number of halogens is 4. The quantitative estimate of drug-likeness (QED) is 0.734. The van der Waals surface area contributed by atoms with Crippen molar-refractivity contribution in [3.63, 3.8) is 0 Å². The monoisotopic (exact) mass is 258 g/mol. The van der Waals surface area contributed by atoms with Gasteiger partial charge in [0.2, 0.25) is 0 Å². The second kappa shape index (κ2) is 4.38. The third kappa shape index (κ3) is 2.98. The molecule has 1 rings (SSSR count). The Labute approximate surface area is 93.4 Å². The molecule has 2 amide bonds. The van der Waals surface area contributed by atoms with Gasteiger partial charge < -0.3 is 15.3 Å². The summed E-state index contributed by atoms with van der Waals surface area (Å²) in [6.07, 6.45) is -0.410. The molecule has 0 atom stereocenters. The summed E-state index contributed by atoms with van der Waals surface area (Å²) in [6.45, 7) is -3.06. The van der Waals surface area contributed by atoms with Gasteiger partial charge in [-0.1, -0.05) is 0 Å². The molecule has 0 aromatic rings. The van der Waals surface area contributed by atoms with E-state index in [0.29, 0.717) is 0 Å². The van der Waals surface area contributed by atoms with Crippen LogP contribution in [0.25, 0.3) is 0 Å². The van der Waals surface area contributed by atoms with Crippen LogP contribution in [-0.4, -0.2) is 53.5 Å². The molecular weight excluding hydrogens is 248 g/mol. The van der Waals surface area contributed by atoms with Crippen LogP contribution in [0.3, 0.4) is 0 Å². The van der Waals surface area contributed by atoms with Gasteiger partial charge in [0.25, 0.3) is 0 Å². The summed E-state index contributed by atoms with van der Waals surface area (Å²) in [5, 5.41) is 10.2. The van der Waals surface area contributed by atoms with Crippen molar-refractivity contribution in [1.29, 1.82) is 0 Å². The molecule has 0 aromatic carbocycles. The number of alkyl halides is 4. The summed E-state index contributed by atoms with van der Waals surface area (Å²) in [6, 6.07) is -1.12. The number of carboxylic acids is 1. The maximum atomic E-state index is 12.7. The van der Waals surface area contributed by atoms with Crippen LogP contribution in [0, 0.1) is 0 Å². The van der Waals surface area contributed by atoms with Crippen LogP contribution < -0.4 is 5.32 Å². The first-order chi connectivity index (χ1) is 7.66. The van der Waals surface area contributed by atoms with Crippen molar-refractivity contribution < 1.29 is 32.3 Å². The van der Waals surface area contributed by atoms with Crippen LogP contribution in [0.15, 0.2) is 0 Å². The summed E-state index contributed by atoms with van der Waals surface area (Å²) in [7, 11) is 0. The van der Waals surface area contributed by atoms with Gasteiger partial charge in [0, 0.05) is 6.54 Å². The van der Waals surface area contributed by atoms with Crippen molar-refractivity contribution in [2.75, 3.05) is 19.6 Å². The molecule has 1 aliphatic heterocycles. The molecule has 1 fully saturated rings. The molecule has 0 saturated carbocycles. The Balaban J connectivity index is 2.48. The number of hydrogen-bond acceptors (Lipinski definition) is 2. The largest absolute Gasteiger partial charge is 0.481 e. The smallest absolute Gasteiger partial charge is 0.329 e. The van der Waals surface area contributed by atoms with E-state index < -0.39 is 43.4 Å². The van der Waals surface area contributed by atoms with Gasteiger partial charge >= 0.3 is 23.8 Å². The fourth-order valence-corrected chi connectivity index (χ4v) is 1.30. The van der Waals surface area contributed by atoms with E-state index in [9.17, 15) is 27.2 Å². The van der Waals surface area contributed by atoms with E-state index in [1.165, 1.54) is 0 Å². The number of urea groups is 1. The molecule has 98 valence electrons. The summed E-state index contributed by atoms with van der Waals surface area (Å²) in [4.78, 5) is 21.5. The Morgan fingerprint density at radius 1 is 1.18 bits per heavy atom. The molecule has 5 nitrogen and oxygen atoms in total. The average Bonchev–Trinajstić information content (AvgIpc) is 2.35.